The van der Waals surface area contributed by atoms with Gasteiger partial charge in [0.15, 0.2) is 5.75 Å². The largest absolute Gasteiger partial charge is 0.454 e. The van der Waals surface area contributed by atoms with Gasteiger partial charge >= 0.3 is 0 Å². The van der Waals surface area contributed by atoms with Gasteiger partial charge in [0, 0.05) is 12.6 Å². The molecule has 0 aliphatic carbocycles. The molecule has 3 heterocycles. The van der Waals surface area contributed by atoms with E-state index < -0.39 is 9.84 Å². The van der Waals surface area contributed by atoms with Crippen LogP contribution < -0.4 is 20.7 Å². The summed E-state index contributed by atoms with van der Waals surface area (Å²) in [5.74, 6) is 1.50. The number of rotatable bonds is 5. The Morgan fingerprint density at radius 2 is 1.83 bits per heavy atom. The minimum atomic E-state index is -3.80. The van der Waals surface area contributed by atoms with Gasteiger partial charge in [0.2, 0.25) is 15.7 Å². The number of carbonyl (C=O) groups is 1. The minimum Gasteiger partial charge on any atom is -0.454 e. The number of piperidine rings is 1. The summed E-state index contributed by atoms with van der Waals surface area (Å²) in [5.41, 5.74) is 0.843. The second-order valence-electron chi connectivity index (χ2n) is 9.41. The van der Waals surface area contributed by atoms with Crippen LogP contribution in [0.4, 0.5) is 0 Å². The normalized spacial score (nSPS) is 22.6. The fourth-order valence-electron chi connectivity index (χ4n) is 5.16. The zero-order valence-corrected chi connectivity index (χ0v) is 21.2. The predicted octanol–water partition coefficient (Wildman–Crippen LogP) is 3.73. The summed E-state index contributed by atoms with van der Waals surface area (Å²) in [6.07, 6.45) is 1.89. The molecule has 0 saturated carbocycles. The van der Waals surface area contributed by atoms with E-state index in [1.54, 1.807) is 36.4 Å². The van der Waals surface area contributed by atoms with Crippen LogP contribution in [0.5, 0.6) is 11.5 Å². The van der Waals surface area contributed by atoms with E-state index in [2.05, 4.69) is 16.0 Å². The molecule has 3 atom stereocenters. The monoisotopic (exact) mass is 521 g/mol. The molecule has 2 fully saturated rings. The van der Waals surface area contributed by atoms with Crippen molar-refractivity contribution in [2.45, 2.75) is 51.1 Å². The zero-order chi connectivity index (χ0) is 24.7. The number of hydrogen-bond acceptors (Lipinski definition) is 7. The quantitative estimate of drug-likeness (QED) is 0.368. The maximum atomic E-state index is 13.5. The number of fused-ring (bicyclic) bond motifs is 3. The number of amides is 1. The molecule has 0 radical (unpaired) electrons. The third-order valence-corrected chi connectivity index (χ3v) is 9.98. The molecule has 2 saturated heterocycles. The molecule has 0 bridgehead atoms. The van der Waals surface area contributed by atoms with Crippen molar-refractivity contribution in [3.8, 4) is 11.5 Å². The summed E-state index contributed by atoms with van der Waals surface area (Å²) in [6, 6.07) is 19.7. The van der Waals surface area contributed by atoms with Crippen molar-refractivity contribution >= 4 is 27.5 Å². The van der Waals surface area contributed by atoms with Crippen LogP contribution in [-0.4, -0.2) is 39.5 Å². The van der Waals surface area contributed by atoms with Crippen molar-refractivity contribution in [3.63, 3.8) is 0 Å². The van der Waals surface area contributed by atoms with Crippen LogP contribution >= 0.6 is 11.8 Å². The van der Waals surface area contributed by atoms with Crippen molar-refractivity contribution < 1.29 is 17.9 Å². The Morgan fingerprint density at radius 3 is 2.67 bits per heavy atom. The Balaban J connectivity index is 1.15. The molecule has 9 heteroatoms. The standard InChI is InChI=1S/C27H27N3O4S2/c31-27(21-14-18-16-28-13-12-20(18)30-21)29-15-17-8-10-19(11-9-17)36(32,33)25-7-3-6-24-26(25)34-22-4-1-2-5-23(22)35-24/h1-11,18,20-21,28,30H,12-16H2,(H,29,31). The lowest BCUT2D eigenvalue weighted by Crippen LogP contribution is -2.45. The molecule has 3 N–H and O–H groups in total. The van der Waals surface area contributed by atoms with E-state index in [4.69, 9.17) is 4.74 Å². The lowest BCUT2D eigenvalue weighted by atomic mass is 9.94. The van der Waals surface area contributed by atoms with Gasteiger partial charge in [-0.3, -0.25) is 4.79 Å². The molecule has 36 heavy (non-hydrogen) atoms. The zero-order valence-electron chi connectivity index (χ0n) is 19.6. The molecule has 3 aromatic carbocycles. The molecule has 0 spiro atoms. The van der Waals surface area contributed by atoms with Crippen molar-refractivity contribution in [2.75, 3.05) is 13.1 Å². The van der Waals surface area contributed by atoms with E-state index >= 15 is 0 Å². The van der Waals surface area contributed by atoms with Gasteiger partial charge in [-0.25, -0.2) is 8.42 Å². The minimum absolute atomic E-state index is 0.00746. The van der Waals surface area contributed by atoms with Crippen LogP contribution in [0, 0.1) is 5.92 Å². The third kappa shape index (κ3) is 4.41. The number of benzene rings is 3. The Hall–Kier alpha value is -2.85. The number of hydrogen-bond donors (Lipinski definition) is 3. The lowest BCUT2D eigenvalue weighted by molar-refractivity contribution is -0.123. The predicted molar refractivity (Wildman–Crippen MR) is 137 cm³/mol. The first kappa shape index (κ1) is 23.5. The molecule has 3 unspecified atom stereocenters. The maximum absolute atomic E-state index is 13.5. The van der Waals surface area contributed by atoms with Gasteiger partial charge in [0.1, 0.15) is 10.6 Å². The summed E-state index contributed by atoms with van der Waals surface area (Å²) in [5, 5.41) is 9.85. The highest BCUT2D eigenvalue weighted by Crippen LogP contribution is 2.49. The number of ether oxygens (including phenoxy) is 1. The van der Waals surface area contributed by atoms with Crippen molar-refractivity contribution in [2.24, 2.45) is 5.92 Å². The molecule has 3 aliphatic heterocycles. The SMILES string of the molecule is O=C(NCc1ccc(S(=O)(=O)c2cccc3c2Oc2ccccc2S3)cc1)C1CC2CNCCC2N1. The fraction of sp³-hybridized carbons (Fsp3) is 0.296. The summed E-state index contributed by atoms with van der Waals surface area (Å²) in [6.45, 7) is 2.29. The molecule has 3 aliphatic rings. The van der Waals surface area contributed by atoms with E-state index in [0.717, 1.165) is 41.3 Å². The number of sulfone groups is 1. The first-order chi connectivity index (χ1) is 17.5. The molecule has 6 rings (SSSR count). The van der Waals surface area contributed by atoms with Crippen LogP contribution in [0.15, 0.2) is 86.3 Å². The van der Waals surface area contributed by atoms with E-state index in [1.165, 1.54) is 11.8 Å². The number of nitrogens with one attached hydrogen (secondary N) is 3. The van der Waals surface area contributed by atoms with E-state index in [1.807, 2.05) is 30.3 Å². The summed E-state index contributed by atoms with van der Waals surface area (Å²) in [4.78, 5) is 14.7. The maximum Gasteiger partial charge on any atom is 0.237 e. The Kier molecular flexibility index (Phi) is 6.25. The lowest BCUT2D eigenvalue weighted by Gasteiger charge is -2.25. The smallest absolute Gasteiger partial charge is 0.237 e. The molecule has 7 nitrogen and oxygen atoms in total. The van der Waals surface area contributed by atoms with Crippen molar-refractivity contribution in [3.05, 3.63) is 72.3 Å². The first-order valence-electron chi connectivity index (χ1n) is 12.2. The Bertz CT molecular complexity index is 1390. The summed E-state index contributed by atoms with van der Waals surface area (Å²) >= 11 is 1.50. The molecule has 3 aromatic rings. The van der Waals surface area contributed by atoms with Crippen LogP contribution in [0.1, 0.15) is 18.4 Å². The molecule has 1 amide bonds. The average molecular weight is 522 g/mol. The molecular weight excluding hydrogens is 494 g/mol. The molecule has 0 aromatic heterocycles. The highest BCUT2D eigenvalue weighted by Gasteiger charge is 2.38. The Labute approximate surface area is 214 Å². The highest BCUT2D eigenvalue weighted by atomic mass is 32.2. The molecule has 186 valence electrons. The van der Waals surface area contributed by atoms with Crippen molar-refractivity contribution in [1.29, 1.82) is 0 Å². The van der Waals surface area contributed by atoms with Crippen molar-refractivity contribution in [1.82, 2.24) is 16.0 Å². The third-order valence-electron chi connectivity index (χ3n) is 7.09. The van der Waals surface area contributed by atoms with Crippen LogP contribution in [0.25, 0.3) is 0 Å². The first-order valence-corrected chi connectivity index (χ1v) is 14.5. The van der Waals surface area contributed by atoms with Gasteiger partial charge in [-0.15, -0.1) is 0 Å². The second kappa shape index (κ2) is 9.55. The van der Waals surface area contributed by atoms with Gasteiger partial charge in [-0.2, -0.15) is 0 Å². The number of para-hydroxylation sites is 2. The van der Waals surface area contributed by atoms with Crippen LogP contribution in [0.2, 0.25) is 0 Å². The van der Waals surface area contributed by atoms with Gasteiger partial charge < -0.3 is 20.7 Å². The summed E-state index contributed by atoms with van der Waals surface area (Å²) in [7, 11) is -3.80. The Morgan fingerprint density at radius 1 is 1.03 bits per heavy atom. The molecular formula is C27H27N3O4S2. The topological polar surface area (TPSA) is 96.5 Å². The van der Waals surface area contributed by atoms with E-state index in [0.29, 0.717) is 30.0 Å². The van der Waals surface area contributed by atoms with Crippen LogP contribution in [0.3, 0.4) is 0 Å². The van der Waals surface area contributed by atoms with Gasteiger partial charge in [-0.1, -0.05) is 42.1 Å². The van der Waals surface area contributed by atoms with E-state index in [-0.39, 0.29) is 21.7 Å². The highest BCUT2D eigenvalue weighted by molar-refractivity contribution is 7.99. The van der Waals surface area contributed by atoms with E-state index in [9.17, 15) is 13.2 Å². The summed E-state index contributed by atoms with van der Waals surface area (Å²) < 4.78 is 33.1. The average Bonchev–Trinajstić information content (AvgIpc) is 3.35. The second-order valence-corrected chi connectivity index (χ2v) is 12.4. The van der Waals surface area contributed by atoms with Gasteiger partial charge in [0.05, 0.1) is 20.7 Å². The number of carbonyl (C=O) groups excluding carboxylic acids is 1. The van der Waals surface area contributed by atoms with Crippen LogP contribution in [-0.2, 0) is 21.2 Å². The van der Waals surface area contributed by atoms with Gasteiger partial charge in [0.25, 0.3) is 0 Å². The fourth-order valence-corrected chi connectivity index (χ4v) is 7.61. The van der Waals surface area contributed by atoms with Gasteiger partial charge in [-0.05, 0) is 73.8 Å².